The first-order chi connectivity index (χ1) is 17.0. The Balaban J connectivity index is 1.51. The van der Waals surface area contributed by atoms with Crippen molar-refractivity contribution in [3.63, 3.8) is 0 Å². The standard InChI is InChI=1S/C27H26ClN5O2/c1-31-13-14-33(27(31)35)24-8-7-18(15-23(24)28)21-3-2-4-22(26(21)34)19-5-6-20(17-29)25(16-19)32-11-9-30-10-12-32/h2-8,15-16,30,34H,9-14H2,1H3. The number of anilines is 2. The molecule has 5 rings (SSSR count). The number of halogens is 1. The summed E-state index contributed by atoms with van der Waals surface area (Å²) in [6, 6.07) is 19.0. The van der Waals surface area contributed by atoms with Crippen LogP contribution in [0.15, 0.2) is 54.6 Å². The quantitative estimate of drug-likeness (QED) is 0.565. The molecule has 8 heteroatoms. The van der Waals surface area contributed by atoms with Crippen LogP contribution in [-0.4, -0.2) is 62.4 Å². The minimum absolute atomic E-state index is 0.0781. The zero-order chi connectivity index (χ0) is 24.5. The second-order valence-electron chi connectivity index (χ2n) is 8.80. The molecule has 2 N–H and O–H groups in total. The molecule has 0 atom stereocenters. The van der Waals surface area contributed by atoms with Gasteiger partial charge in [0.2, 0.25) is 0 Å². The second kappa shape index (κ2) is 9.49. The molecular weight excluding hydrogens is 462 g/mol. The highest BCUT2D eigenvalue weighted by atomic mass is 35.5. The predicted molar refractivity (Wildman–Crippen MR) is 139 cm³/mol. The summed E-state index contributed by atoms with van der Waals surface area (Å²) in [5, 5.41) is 24.7. The number of piperazine rings is 1. The number of nitriles is 1. The van der Waals surface area contributed by atoms with E-state index in [1.165, 1.54) is 0 Å². The van der Waals surface area contributed by atoms with E-state index in [0.29, 0.717) is 40.5 Å². The van der Waals surface area contributed by atoms with Gasteiger partial charge in [-0.3, -0.25) is 4.90 Å². The summed E-state index contributed by atoms with van der Waals surface area (Å²) in [6.45, 7) is 4.62. The Kier molecular flexibility index (Phi) is 6.25. The van der Waals surface area contributed by atoms with Gasteiger partial charge in [0, 0.05) is 57.4 Å². The third-order valence-corrected chi connectivity index (χ3v) is 6.99. The van der Waals surface area contributed by atoms with Crippen LogP contribution in [0.4, 0.5) is 16.2 Å². The fraction of sp³-hybridized carbons (Fsp3) is 0.259. The van der Waals surface area contributed by atoms with Gasteiger partial charge < -0.3 is 20.2 Å². The normalized spacial score (nSPS) is 16.0. The Morgan fingerprint density at radius 1 is 0.943 bits per heavy atom. The van der Waals surface area contributed by atoms with Crippen LogP contribution in [0.1, 0.15) is 5.56 Å². The number of urea groups is 1. The average Bonchev–Trinajstić information content (AvgIpc) is 3.22. The van der Waals surface area contributed by atoms with Crippen molar-refractivity contribution in [1.29, 1.82) is 5.26 Å². The largest absolute Gasteiger partial charge is 0.507 e. The van der Waals surface area contributed by atoms with Gasteiger partial charge >= 0.3 is 6.03 Å². The number of phenolic OH excluding ortho intramolecular Hbond substituents is 1. The lowest BCUT2D eigenvalue weighted by molar-refractivity contribution is 0.229. The summed E-state index contributed by atoms with van der Waals surface area (Å²) in [6.07, 6.45) is 0. The summed E-state index contributed by atoms with van der Waals surface area (Å²) in [5.41, 5.74) is 5.08. The van der Waals surface area contributed by atoms with Gasteiger partial charge in [-0.05, 0) is 35.4 Å². The molecule has 0 unspecified atom stereocenters. The number of nitrogens with one attached hydrogen (secondary N) is 1. The van der Waals surface area contributed by atoms with Gasteiger partial charge in [-0.2, -0.15) is 5.26 Å². The van der Waals surface area contributed by atoms with Crippen LogP contribution in [0, 0.1) is 11.3 Å². The number of aromatic hydroxyl groups is 1. The minimum Gasteiger partial charge on any atom is -0.507 e. The van der Waals surface area contributed by atoms with Gasteiger partial charge in [0.05, 0.1) is 22.0 Å². The molecule has 0 radical (unpaired) electrons. The van der Waals surface area contributed by atoms with Crippen molar-refractivity contribution in [1.82, 2.24) is 10.2 Å². The highest BCUT2D eigenvalue weighted by Gasteiger charge is 2.28. The molecule has 0 aromatic heterocycles. The molecule has 0 saturated carbocycles. The van der Waals surface area contributed by atoms with Crippen LogP contribution in [0.3, 0.4) is 0 Å². The Hall–Kier alpha value is -3.73. The summed E-state index contributed by atoms with van der Waals surface area (Å²) >= 11 is 6.59. The molecule has 2 aliphatic rings. The maximum Gasteiger partial charge on any atom is 0.324 e. The monoisotopic (exact) mass is 487 g/mol. The lowest BCUT2D eigenvalue weighted by atomic mass is 9.95. The number of rotatable bonds is 4. The molecule has 7 nitrogen and oxygen atoms in total. The number of likely N-dealkylation sites (N-methyl/N-ethyl adjacent to an activating group) is 1. The number of para-hydroxylation sites is 1. The molecule has 2 saturated heterocycles. The molecule has 178 valence electrons. The van der Waals surface area contributed by atoms with Crippen molar-refractivity contribution in [3.8, 4) is 34.1 Å². The zero-order valence-corrected chi connectivity index (χ0v) is 20.2. The zero-order valence-electron chi connectivity index (χ0n) is 19.5. The molecule has 3 aromatic carbocycles. The van der Waals surface area contributed by atoms with E-state index < -0.39 is 0 Å². The van der Waals surface area contributed by atoms with E-state index in [2.05, 4.69) is 16.3 Å². The van der Waals surface area contributed by atoms with Crippen LogP contribution in [0.25, 0.3) is 22.3 Å². The van der Waals surface area contributed by atoms with Crippen molar-refractivity contribution < 1.29 is 9.90 Å². The minimum atomic E-state index is -0.0781. The maximum absolute atomic E-state index is 12.4. The molecule has 2 aliphatic heterocycles. The van der Waals surface area contributed by atoms with Crippen LogP contribution in [0.5, 0.6) is 5.75 Å². The summed E-state index contributed by atoms with van der Waals surface area (Å²) in [4.78, 5) is 17.9. The SMILES string of the molecule is CN1CCN(c2ccc(-c3cccc(-c4ccc(C#N)c(N5CCNCC5)c4)c3O)cc2Cl)C1=O. The van der Waals surface area contributed by atoms with E-state index in [1.807, 2.05) is 48.5 Å². The first-order valence-corrected chi connectivity index (χ1v) is 12.0. The lowest BCUT2D eigenvalue weighted by Gasteiger charge is -2.30. The van der Waals surface area contributed by atoms with E-state index in [-0.39, 0.29) is 11.8 Å². The number of hydrogen-bond donors (Lipinski definition) is 2. The number of carbonyl (C=O) groups is 1. The summed E-state index contributed by atoms with van der Waals surface area (Å²) in [5.74, 6) is 0.143. The van der Waals surface area contributed by atoms with E-state index in [1.54, 1.807) is 22.9 Å². The van der Waals surface area contributed by atoms with Crippen LogP contribution in [0.2, 0.25) is 5.02 Å². The van der Waals surface area contributed by atoms with Crippen LogP contribution in [-0.2, 0) is 0 Å². The maximum atomic E-state index is 12.4. The van der Waals surface area contributed by atoms with Gasteiger partial charge in [0.25, 0.3) is 0 Å². The van der Waals surface area contributed by atoms with Crippen molar-refractivity contribution in [2.24, 2.45) is 0 Å². The topological polar surface area (TPSA) is 82.8 Å². The van der Waals surface area contributed by atoms with Gasteiger partial charge in [0.1, 0.15) is 11.8 Å². The lowest BCUT2D eigenvalue weighted by Crippen LogP contribution is -2.43. The van der Waals surface area contributed by atoms with Gasteiger partial charge in [0.15, 0.2) is 0 Å². The van der Waals surface area contributed by atoms with E-state index in [9.17, 15) is 15.2 Å². The van der Waals surface area contributed by atoms with Crippen molar-refractivity contribution in [3.05, 3.63) is 65.2 Å². The molecule has 0 spiro atoms. The summed E-state index contributed by atoms with van der Waals surface area (Å²) in [7, 11) is 1.77. The second-order valence-corrected chi connectivity index (χ2v) is 9.21. The van der Waals surface area contributed by atoms with Crippen molar-refractivity contribution in [2.45, 2.75) is 0 Å². The van der Waals surface area contributed by atoms with E-state index >= 15 is 0 Å². The smallest absolute Gasteiger partial charge is 0.324 e. The van der Waals surface area contributed by atoms with Crippen LogP contribution >= 0.6 is 11.6 Å². The van der Waals surface area contributed by atoms with Gasteiger partial charge in [-0.1, -0.05) is 41.9 Å². The molecule has 0 bridgehead atoms. The molecule has 0 aliphatic carbocycles. The first kappa shape index (κ1) is 23.0. The number of nitrogens with zero attached hydrogens (tertiary/aromatic N) is 4. The number of benzene rings is 3. The number of carbonyl (C=O) groups excluding carboxylic acids is 1. The number of hydrogen-bond acceptors (Lipinski definition) is 5. The van der Waals surface area contributed by atoms with Gasteiger partial charge in [-0.25, -0.2) is 4.79 Å². The number of amides is 2. The third-order valence-electron chi connectivity index (χ3n) is 6.69. The Morgan fingerprint density at radius 3 is 2.26 bits per heavy atom. The Morgan fingerprint density at radius 2 is 1.63 bits per heavy atom. The Labute approximate surface area is 209 Å². The molecule has 2 heterocycles. The van der Waals surface area contributed by atoms with Crippen molar-refractivity contribution in [2.75, 3.05) is 56.1 Å². The van der Waals surface area contributed by atoms with Crippen LogP contribution < -0.4 is 15.1 Å². The molecular formula is C27H26ClN5O2. The van der Waals surface area contributed by atoms with E-state index in [4.69, 9.17) is 11.6 Å². The highest BCUT2D eigenvalue weighted by molar-refractivity contribution is 6.34. The average molecular weight is 488 g/mol. The predicted octanol–water partition coefficient (Wildman–Crippen LogP) is 4.53. The third kappa shape index (κ3) is 4.27. The summed E-state index contributed by atoms with van der Waals surface area (Å²) < 4.78 is 0. The molecule has 2 amide bonds. The molecule has 2 fully saturated rings. The first-order valence-electron chi connectivity index (χ1n) is 11.6. The highest BCUT2D eigenvalue weighted by Crippen LogP contribution is 2.41. The number of phenols is 1. The fourth-order valence-electron chi connectivity index (χ4n) is 4.73. The molecule has 35 heavy (non-hydrogen) atoms. The fourth-order valence-corrected chi connectivity index (χ4v) is 5.02. The Bertz CT molecular complexity index is 1330. The van der Waals surface area contributed by atoms with E-state index in [0.717, 1.165) is 43.0 Å². The van der Waals surface area contributed by atoms with Gasteiger partial charge in [-0.15, -0.1) is 0 Å². The molecule has 3 aromatic rings. The van der Waals surface area contributed by atoms with Crippen molar-refractivity contribution >= 4 is 29.0 Å².